The zero-order valence-electron chi connectivity index (χ0n) is 16.7. The Morgan fingerprint density at radius 1 is 1.17 bits per heavy atom. The Hall–Kier alpha value is -2.62. The molecular weight excluding hydrogens is 410 g/mol. The topological polar surface area (TPSA) is 111 Å². The minimum atomic E-state index is -3.84. The highest BCUT2D eigenvalue weighted by atomic mass is 32.2. The number of carboxylic acid groups (broad SMARTS) is 1. The van der Waals surface area contributed by atoms with Crippen LogP contribution in [0.5, 0.6) is 5.75 Å². The van der Waals surface area contributed by atoms with E-state index in [0.717, 1.165) is 24.8 Å². The van der Waals surface area contributed by atoms with Gasteiger partial charge in [0.2, 0.25) is 0 Å². The predicted molar refractivity (Wildman–Crippen MR) is 110 cm³/mol. The van der Waals surface area contributed by atoms with Gasteiger partial charge in [-0.25, -0.2) is 13.2 Å². The number of aryl methyl sites for hydroxylation is 1. The second kappa shape index (κ2) is 9.92. The number of hydrogen-bond donors (Lipinski definition) is 2. The van der Waals surface area contributed by atoms with E-state index in [1.807, 2.05) is 6.92 Å². The average molecular weight is 435 g/mol. The summed E-state index contributed by atoms with van der Waals surface area (Å²) < 4.78 is 44.0. The molecule has 1 heterocycles. The van der Waals surface area contributed by atoms with Gasteiger partial charge in [-0.05, 0) is 56.5 Å². The maximum absolute atomic E-state index is 12.5. The Kier molecular flexibility index (Phi) is 7.30. The molecule has 2 aromatic carbocycles. The number of hydrogen-bond acceptors (Lipinski definition) is 6. The van der Waals surface area contributed by atoms with Gasteiger partial charge in [0, 0.05) is 12.3 Å². The van der Waals surface area contributed by atoms with E-state index in [2.05, 4.69) is 4.72 Å². The van der Waals surface area contributed by atoms with Crippen molar-refractivity contribution >= 4 is 21.7 Å². The van der Waals surface area contributed by atoms with E-state index in [9.17, 15) is 18.3 Å². The SMILES string of the molecule is Cc1ccc(S(=O)(=O)Nc2ccc(OCCOC3CCCCO3)c(C(=O)O)c2)cc1. The minimum absolute atomic E-state index is 0.0902. The molecule has 1 aliphatic rings. The molecular formula is C21H25NO7S. The van der Waals surface area contributed by atoms with Gasteiger partial charge in [0.05, 0.1) is 11.5 Å². The number of sulfonamides is 1. The van der Waals surface area contributed by atoms with Gasteiger partial charge in [0.15, 0.2) is 6.29 Å². The summed E-state index contributed by atoms with van der Waals surface area (Å²) in [6, 6.07) is 10.5. The molecule has 1 unspecified atom stereocenters. The quantitative estimate of drug-likeness (QED) is 0.581. The van der Waals surface area contributed by atoms with Gasteiger partial charge in [-0.15, -0.1) is 0 Å². The van der Waals surface area contributed by atoms with Crippen LogP contribution in [0.25, 0.3) is 0 Å². The Morgan fingerprint density at radius 2 is 1.93 bits per heavy atom. The number of ether oxygens (including phenoxy) is 3. The summed E-state index contributed by atoms with van der Waals surface area (Å²) in [6.45, 7) is 2.93. The maximum Gasteiger partial charge on any atom is 0.339 e. The van der Waals surface area contributed by atoms with Crippen molar-refractivity contribution < 1.29 is 32.5 Å². The van der Waals surface area contributed by atoms with Gasteiger partial charge in [-0.1, -0.05) is 17.7 Å². The smallest absolute Gasteiger partial charge is 0.339 e. The molecule has 0 saturated carbocycles. The van der Waals surface area contributed by atoms with Gasteiger partial charge in [-0.2, -0.15) is 0 Å². The van der Waals surface area contributed by atoms with Crippen molar-refractivity contribution in [2.75, 3.05) is 24.5 Å². The van der Waals surface area contributed by atoms with Crippen molar-refractivity contribution in [3.8, 4) is 5.75 Å². The molecule has 0 bridgehead atoms. The van der Waals surface area contributed by atoms with E-state index in [-0.39, 0.29) is 41.4 Å². The van der Waals surface area contributed by atoms with Crippen LogP contribution in [0.3, 0.4) is 0 Å². The third-order valence-corrected chi connectivity index (χ3v) is 5.97. The summed E-state index contributed by atoms with van der Waals surface area (Å²) in [5.41, 5.74) is 0.919. The normalized spacial score (nSPS) is 16.8. The van der Waals surface area contributed by atoms with E-state index in [4.69, 9.17) is 14.2 Å². The molecule has 2 aromatic rings. The van der Waals surface area contributed by atoms with Crippen molar-refractivity contribution in [1.29, 1.82) is 0 Å². The van der Waals surface area contributed by atoms with Crippen LogP contribution < -0.4 is 9.46 Å². The monoisotopic (exact) mass is 435 g/mol. The molecule has 1 fully saturated rings. The lowest BCUT2D eigenvalue weighted by molar-refractivity contribution is -0.165. The van der Waals surface area contributed by atoms with Crippen LogP contribution in [0.4, 0.5) is 5.69 Å². The molecule has 9 heteroatoms. The minimum Gasteiger partial charge on any atom is -0.490 e. The molecule has 0 amide bonds. The fourth-order valence-corrected chi connectivity index (χ4v) is 4.04. The van der Waals surface area contributed by atoms with E-state index < -0.39 is 16.0 Å². The lowest BCUT2D eigenvalue weighted by Gasteiger charge is -2.22. The molecule has 1 saturated heterocycles. The molecule has 162 valence electrons. The van der Waals surface area contributed by atoms with E-state index >= 15 is 0 Å². The van der Waals surface area contributed by atoms with Crippen LogP contribution in [0.1, 0.15) is 35.2 Å². The zero-order valence-corrected chi connectivity index (χ0v) is 17.5. The lowest BCUT2D eigenvalue weighted by Crippen LogP contribution is -2.24. The molecule has 1 atom stereocenters. The van der Waals surface area contributed by atoms with Crippen molar-refractivity contribution in [1.82, 2.24) is 0 Å². The van der Waals surface area contributed by atoms with E-state index in [0.29, 0.717) is 6.61 Å². The van der Waals surface area contributed by atoms with Crippen LogP contribution in [-0.4, -0.2) is 45.6 Å². The lowest BCUT2D eigenvalue weighted by atomic mass is 10.2. The summed E-state index contributed by atoms with van der Waals surface area (Å²) in [5.74, 6) is -1.09. The second-order valence-electron chi connectivity index (χ2n) is 6.95. The number of benzene rings is 2. The first kappa shape index (κ1) is 22.1. The fraction of sp³-hybridized carbons (Fsp3) is 0.381. The number of rotatable bonds is 9. The molecule has 1 aliphatic heterocycles. The summed E-state index contributed by atoms with van der Waals surface area (Å²) in [7, 11) is -3.84. The number of anilines is 1. The van der Waals surface area contributed by atoms with Crippen molar-refractivity contribution in [3.05, 3.63) is 53.6 Å². The highest BCUT2D eigenvalue weighted by Gasteiger charge is 2.18. The first-order valence-corrected chi connectivity index (χ1v) is 11.2. The molecule has 2 N–H and O–H groups in total. The number of carboxylic acids is 1. The summed E-state index contributed by atoms with van der Waals surface area (Å²) >= 11 is 0. The van der Waals surface area contributed by atoms with Gasteiger partial charge in [0.25, 0.3) is 10.0 Å². The average Bonchev–Trinajstić information content (AvgIpc) is 2.72. The number of aromatic carboxylic acids is 1. The maximum atomic E-state index is 12.5. The summed E-state index contributed by atoms with van der Waals surface area (Å²) in [4.78, 5) is 11.7. The first-order chi connectivity index (χ1) is 14.3. The first-order valence-electron chi connectivity index (χ1n) is 9.68. The second-order valence-corrected chi connectivity index (χ2v) is 8.63. The van der Waals surface area contributed by atoms with Crippen molar-refractivity contribution in [3.63, 3.8) is 0 Å². The Labute approximate surface area is 175 Å². The Morgan fingerprint density at radius 3 is 2.60 bits per heavy atom. The number of nitrogens with one attached hydrogen (secondary N) is 1. The molecule has 8 nitrogen and oxygen atoms in total. The third kappa shape index (κ3) is 5.94. The van der Waals surface area contributed by atoms with E-state index in [1.54, 1.807) is 12.1 Å². The molecule has 30 heavy (non-hydrogen) atoms. The Bertz CT molecular complexity index is 967. The highest BCUT2D eigenvalue weighted by molar-refractivity contribution is 7.92. The largest absolute Gasteiger partial charge is 0.490 e. The summed E-state index contributed by atoms with van der Waals surface area (Å²) in [6.07, 6.45) is 2.66. The molecule has 0 aliphatic carbocycles. The standard InChI is InChI=1S/C21H25NO7S/c1-15-5-8-17(9-6-15)30(25,26)22-16-7-10-19(18(14-16)21(23)24)27-12-13-29-20-4-2-3-11-28-20/h5-10,14,20,22H,2-4,11-13H2,1H3,(H,23,24). The number of carbonyl (C=O) groups is 1. The van der Waals surface area contributed by atoms with Crippen LogP contribution >= 0.6 is 0 Å². The van der Waals surface area contributed by atoms with Crippen molar-refractivity contribution in [2.24, 2.45) is 0 Å². The fourth-order valence-electron chi connectivity index (χ4n) is 2.99. The summed E-state index contributed by atoms with van der Waals surface area (Å²) in [5, 5.41) is 9.49. The third-order valence-electron chi connectivity index (χ3n) is 4.58. The predicted octanol–water partition coefficient (Wildman–Crippen LogP) is 3.42. The van der Waals surface area contributed by atoms with E-state index in [1.165, 1.54) is 30.3 Å². The van der Waals surface area contributed by atoms with Crippen molar-refractivity contribution in [2.45, 2.75) is 37.4 Å². The molecule has 0 spiro atoms. The van der Waals surface area contributed by atoms with Crippen LogP contribution in [0, 0.1) is 6.92 Å². The molecule has 0 radical (unpaired) electrons. The van der Waals surface area contributed by atoms with Gasteiger partial charge >= 0.3 is 5.97 Å². The Balaban J connectivity index is 1.64. The van der Waals surface area contributed by atoms with Crippen LogP contribution in [0.15, 0.2) is 47.4 Å². The van der Waals surface area contributed by atoms with Crippen LogP contribution in [-0.2, 0) is 19.5 Å². The van der Waals surface area contributed by atoms with Gasteiger partial charge < -0.3 is 19.3 Å². The molecule has 3 rings (SSSR count). The van der Waals surface area contributed by atoms with Gasteiger partial charge in [-0.3, -0.25) is 4.72 Å². The van der Waals surface area contributed by atoms with Crippen LogP contribution in [0.2, 0.25) is 0 Å². The molecule has 0 aromatic heterocycles. The highest BCUT2D eigenvalue weighted by Crippen LogP contribution is 2.25. The van der Waals surface area contributed by atoms with Gasteiger partial charge in [0.1, 0.15) is 17.9 Å². The zero-order chi connectivity index (χ0) is 21.6.